The molecule has 0 amide bonds. The van der Waals surface area contributed by atoms with E-state index in [0.29, 0.717) is 12.0 Å². The van der Waals surface area contributed by atoms with Gasteiger partial charge in [0.1, 0.15) is 11.5 Å². The third-order valence-corrected chi connectivity index (χ3v) is 3.70. The molecule has 3 unspecified atom stereocenters. The second-order valence-corrected chi connectivity index (χ2v) is 5.00. The van der Waals surface area contributed by atoms with Crippen LogP contribution in [0.25, 0.3) is 0 Å². The molecule has 1 aromatic carbocycles. The third-order valence-electron chi connectivity index (χ3n) is 3.70. The van der Waals surface area contributed by atoms with Crippen molar-refractivity contribution in [1.82, 2.24) is 5.32 Å². The first-order valence-electron chi connectivity index (χ1n) is 6.45. The molecule has 1 fully saturated rings. The van der Waals surface area contributed by atoms with Gasteiger partial charge in [0.25, 0.3) is 0 Å². The van der Waals surface area contributed by atoms with Gasteiger partial charge in [-0.25, -0.2) is 0 Å². The van der Waals surface area contributed by atoms with Crippen molar-refractivity contribution >= 4 is 0 Å². The molecule has 1 aromatic rings. The molecule has 0 aliphatic carbocycles. The van der Waals surface area contributed by atoms with Crippen LogP contribution in [0.3, 0.4) is 0 Å². The highest BCUT2D eigenvalue weighted by Gasteiger charge is 2.24. The predicted molar refractivity (Wildman–Crippen MR) is 69.7 cm³/mol. The van der Waals surface area contributed by atoms with E-state index in [1.165, 1.54) is 12.1 Å². The Bertz CT molecular complexity index is 408. The van der Waals surface area contributed by atoms with Crippen LogP contribution in [-0.2, 0) is 4.74 Å². The first-order chi connectivity index (χ1) is 8.58. The van der Waals surface area contributed by atoms with Crippen molar-refractivity contribution in [3.63, 3.8) is 0 Å². The van der Waals surface area contributed by atoms with Crippen LogP contribution in [0.5, 0.6) is 11.5 Å². The molecule has 0 radical (unpaired) electrons. The first-order valence-corrected chi connectivity index (χ1v) is 6.45. The van der Waals surface area contributed by atoms with Crippen LogP contribution in [0.1, 0.15) is 31.9 Å². The molecule has 3 N–H and O–H groups in total. The highest BCUT2D eigenvalue weighted by Crippen LogP contribution is 2.28. The van der Waals surface area contributed by atoms with Gasteiger partial charge in [-0.3, -0.25) is 0 Å². The lowest BCUT2D eigenvalue weighted by Gasteiger charge is -2.20. The van der Waals surface area contributed by atoms with Gasteiger partial charge < -0.3 is 20.3 Å². The average molecular weight is 251 g/mol. The standard InChI is InChI=1S/C14H21NO3/c1-9(13-7-12(16)3-4-14(13)17)15-8-11-5-6-18-10(11)2/h3-4,7,9-11,15-17H,5-6,8H2,1-2H3. The van der Waals surface area contributed by atoms with Crippen molar-refractivity contribution in [2.24, 2.45) is 5.92 Å². The zero-order valence-corrected chi connectivity index (χ0v) is 10.9. The summed E-state index contributed by atoms with van der Waals surface area (Å²) in [5.41, 5.74) is 0.724. The van der Waals surface area contributed by atoms with Gasteiger partial charge in [0.05, 0.1) is 6.10 Å². The van der Waals surface area contributed by atoms with E-state index in [1.54, 1.807) is 6.07 Å². The van der Waals surface area contributed by atoms with Crippen molar-refractivity contribution in [3.05, 3.63) is 23.8 Å². The summed E-state index contributed by atoms with van der Waals surface area (Å²) in [6.07, 6.45) is 1.37. The normalized spacial score (nSPS) is 25.2. The Morgan fingerprint density at radius 3 is 2.89 bits per heavy atom. The molecule has 0 saturated carbocycles. The molecule has 4 nitrogen and oxygen atoms in total. The lowest BCUT2D eigenvalue weighted by molar-refractivity contribution is 0.105. The maximum Gasteiger partial charge on any atom is 0.120 e. The largest absolute Gasteiger partial charge is 0.508 e. The summed E-state index contributed by atoms with van der Waals surface area (Å²) in [5.74, 6) is 0.907. The Morgan fingerprint density at radius 1 is 1.44 bits per heavy atom. The molecule has 1 saturated heterocycles. The van der Waals surface area contributed by atoms with E-state index in [2.05, 4.69) is 12.2 Å². The minimum atomic E-state index is 0.00454. The van der Waals surface area contributed by atoms with E-state index in [1.807, 2.05) is 6.92 Å². The van der Waals surface area contributed by atoms with Crippen LogP contribution in [0, 0.1) is 5.92 Å². The smallest absolute Gasteiger partial charge is 0.120 e. The van der Waals surface area contributed by atoms with Crippen LogP contribution in [0.4, 0.5) is 0 Å². The number of hydrogen-bond acceptors (Lipinski definition) is 4. The van der Waals surface area contributed by atoms with E-state index < -0.39 is 0 Å². The van der Waals surface area contributed by atoms with E-state index in [0.717, 1.165) is 25.1 Å². The van der Waals surface area contributed by atoms with Gasteiger partial charge in [0, 0.05) is 24.8 Å². The second-order valence-electron chi connectivity index (χ2n) is 5.00. The number of aromatic hydroxyl groups is 2. The summed E-state index contributed by atoms with van der Waals surface area (Å²) in [5, 5.41) is 22.6. The minimum absolute atomic E-state index is 0.00454. The first kappa shape index (κ1) is 13.2. The van der Waals surface area contributed by atoms with Crippen molar-refractivity contribution in [3.8, 4) is 11.5 Å². The molecular weight excluding hydrogens is 230 g/mol. The number of phenolic OH excluding ortho intramolecular Hbond substituents is 2. The number of ether oxygens (including phenoxy) is 1. The maximum atomic E-state index is 9.77. The molecule has 0 bridgehead atoms. The molecule has 2 rings (SSSR count). The van der Waals surface area contributed by atoms with Crippen LogP contribution in [0.2, 0.25) is 0 Å². The Kier molecular flexibility index (Phi) is 4.09. The van der Waals surface area contributed by atoms with Crippen LogP contribution in [0.15, 0.2) is 18.2 Å². The van der Waals surface area contributed by atoms with E-state index in [-0.39, 0.29) is 17.5 Å². The fourth-order valence-electron chi connectivity index (χ4n) is 2.37. The molecule has 3 atom stereocenters. The van der Waals surface area contributed by atoms with Crippen molar-refractivity contribution < 1.29 is 14.9 Å². The van der Waals surface area contributed by atoms with E-state index in [9.17, 15) is 10.2 Å². The average Bonchev–Trinajstić information content (AvgIpc) is 2.75. The summed E-state index contributed by atoms with van der Waals surface area (Å²) in [6, 6.07) is 4.61. The number of phenols is 2. The molecular formula is C14H21NO3. The maximum absolute atomic E-state index is 9.77. The van der Waals surface area contributed by atoms with Gasteiger partial charge in [-0.05, 0) is 44.4 Å². The zero-order chi connectivity index (χ0) is 13.1. The Balaban J connectivity index is 1.94. The minimum Gasteiger partial charge on any atom is -0.508 e. The molecule has 100 valence electrons. The molecule has 18 heavy (non-hydrogen) atoms. The Labute approximate surface area is 108 Å². The summed E-state index contributed by atoms with van der Waals surface area (Å²) < 4.78 is 5.52. The molecule has 0 spiro atoms. The Hall–Kier alpha value is -1.26. The number of nitrogens with one attached hydrogen (secondary N) is 1. The summed E-state index contributed by atoms with van der Waals surface area (Å²) >= 11 is 0. The van der Waals surface area contributed by atoms with Gasteiger partial charge in [-0.2, -0.15) is 0 Å². The van der Waals surface area contributed by atoms with Crippen molar-refractivity contribution in [2.45, 2.75) is 32.4 Å². The van der Waals surface area contributed by atoms with Gasteiger partial charge in [-0.15, -0.1) is 0 Å². The molecule has 4 heteroatoms. The highest BCUT2D eigenvalue weighted by molar-refractivity contribution is 5.40. The lowest BCUT2D eigenvalue weighted by Crippen LogP contribution is -2.29. The van der Waals surface area contributed by atoms with Gasteiger partial charge in [0.15, 0.2) is 0 Å². The van der Waals surface area contributed by atoms with Crippen LogP contribution < -0.4 is 5.32 Å². The van der Waals surface area contributed by atoms with E-state index in [4.69, 9.17) is 4.74 Å². The Morgan fingerprint density at radius 2 is 2.22 bits per heavy atom. The van der Waals surface area contributed by atoms with Crippen molar-refractivity contribution in [2.75, 3.05) is 13.2 Å². The van der Waals surface area contributed by atoms with Crippen LogP contribution in [-0.4, -0.2) is 29.5 Å². The third kappa shape index (κ3) is 2.94. The monoisotopic (exact) mass is 251 g/mol. The fourth-order valence-corrected chi connectivity index (χ4v) is 2.37. The zero-order valence-electron chi connectivity index (χ0n) is 10.9. The molecule has 1 aliphatic heterocycles. The fraction of sp³-hybridized carbons (Fsp3) is 0.571. The summed E-state index contributed by atoms with van der Waals surface area (Å²) in [7, 11) is 0. The van der Waals surface area contributed by atoms with Crippen molar-refractivity contribution in [1.29, 1.82) is 0 Å². The van der Waals surface area contributed by atoms with E-state index >= 15 is 0 Å². The number of benzene rings is 1. The number of hydrogen-bond donors (Lipinski definition) is 3. The van der Waals surface area contributed by atoms with Gasteiger partial charge in [0.2, 0.25) is 0 Å². The second kappa shape index (κ2) is 5.59. The van der Waals surface area contributed by atoms with Gasteiger partial charge in [-0.1, -0.05) is 0 Å². The molecule has 1 heterocycles. The van der Waals surface area contributed by atoms with Crippen LogP contribution >= 0.6 is 0 Å². The summed E-state index contributed by atoms with van der Waals surface area (Å²) in [4.78, 5) is 0. The molecule has 0 aromatic heterocycles. The SMILES string of the molecule is CC(NCC1CCOC1C)c1cc(O)ccc1O. The number of rotatable bonds is 4. The summed E-state index contributed by atoms with van der Waals surface area (Å²) in [6.45, 7) is 5.77. The lowest BCUT2D eigenvalue weighted by atomic mass is 10.0. The highest BCUT2D eigenvalue weighted by atomic mass is 16.5. The topological polar surface area (TPSA) is 61.7 Å². The molecule has 1 aliphatic rings. The quantitative estimate of drug-likeness (QED) is 0.718. The van der Waals surface area contributed by atoms with Gasteiger partial charge >= 0.3 is 0 Å². The predicted octanol–water partition coefficient (Wildman–Crippen LogP) is 2.17.